The van der Waals surface area contributed by atoms with Crippen LogP contribution in [0, 0.1) is 0 Å². The molecule has 0 fully saturated rings. The zero-order valence-electron chi connectivity index (χ0n) is 19.3. The summed E-state index contributed by atoms with van der Waals surface area (Å²) in [6.45, 7) is 3.02. The monoisotopic (exact) mass is 506 g/mol. The number of carbonyl (C=O) groups excluding carboxylic acids is 1. The third-order valence-electron chi connectivity index (χ3n) is 6.17. The lowest BCUT2D eigenvalue weighted by Gasteiger charge is -2.41. The number of carbonyl (C=O) groups is 1. The summed E-state index contributed by atoms with van der Waals surface area (Å²) in [5, 5.41) is 3.03. The normalized spacial score (nSPS) is 17.0. The van der Waals surface area contributed by atoms with Crippen molar-refractivity contribution in [2.45, 2.75) is 38.1 Å². The molecule has 0 saturated heterocycles. The molecular formula is C25H26ClF3N4O2. The number of aryl methyl sites for hydroxylation is 1. The number of ether oxygens (including phenoxy) is 1. The molecule has 1 aliphatic rings. The number of halogens is 4. The molecule has 10 heteroatoms. The number of hydrogen-bond donors (Lipinski definition) is 1. The maximum absolute atomic E-state index is 13.2. The predicted octanol–water partition coefficient (Wildman–Crippen LogP) is 5.04. The highest BCUT2D eigenvalue weighted by Crippen LogP contribution is 2.39. The highest BCUT2D eigenvalue weighted by Gasteiger charge is 2.40. The van der Waals surface area contributed by atoms with Crippen molar-refractivity contribution in [3.8, 4) is 5.75 Å². The van der Waals surface area contributed by atoms with Crippen LogP contribution >= 0.6 is 11.6 Å². The van der Waals surface area contributed by atoms with Gasteiger partial charge in [0.05, 0.1) is 17.3 Å². The van der Waals surface area contributed by atoms with E-state index in [0.717, 1.165) is 23.5 Å². The second-order valence-electron chi connectivity index (χ2n) is 8.23. The number of fused-ring (bicyclic) bond motifs is 1. The van der Waals surface area contributed by atoms with Gasteiger partial charge in [-0.3, -0.25) is 9.69 Å². The molecule has 186 valence electrons. The van der Waals surface area contributed by atoms with Crippen molar-refractivity contribution in [3.05, 3.63) is 82.4 Å². The van der Waals surface area contributed by atoms with Crippen LogP contribution in [0.4, 0.5) is 13.2 Å². The first-order chi connectivity index (χ1) is 16.7. The van der Waals surface area contributed by atoms with Crippen LogP contribution in [0.3, 0.4) is 0 Å². The van der Waals surface area contributed by atoms with Crippen molar-refractivity contribution in [2.24, 2.45) is 0 Å². The fourth-order valence-corrected chi connectivity index (χ4v) is 4.86. The number of amides is 1. The number of benzene rings is 2. The largest absolute Gasteiger partial charge is 0.492 e. The fourth-order valence-electron chi connectivity index (χ4n) is 4.53. The molecule has 35 heavy (non-hydrogen) atoms. The van der Waals surface area contributed by atoms with Crippen LogP contribution in [0.25, 0.3) is 0 Å². The van der Waals surface area contributed by atoms with Gasteiger partial charge in [0.15, 0.2) is 5.15 Å². The average Bonchev–Trinajstić information content (AvgIpc) is 3.19. The molecule has 0 radical (unpaired) electrons. The number of likely N-dealkylation sites (N-methyl/N-ethyl adjacent to an activating group) is 1. The minimum Gasteiger partial charge on any atom is -0.492 e. The summed E-state index contributed by atoms with van der Waals surface area (Å²) in [5.41, 5.74) is 0.682. The second-order valence-corrected chi connectivity index (χ2v) is 8.58. The van der Waals surface area contributed by atoms with Gasteiger partial charge in [-0.25, -0.2) is 4.98 Å². The van der Waals surface area contributed by atoms with Crippen LogP contribution in [-0.2, 0) is 23.9 Å². The SMILES string of the molecule is CCc1nc(Cl)c2n1CCN([C@@H](C(=O)NC)c1ccccc1)[C@H]2COc1cccc(C(F)(F)F)c1. The van der Waals surface area contributed by atoms with E-state index in [0.29, 0.717) is 30.4 Å². The third kappa shape index (κ3) is 5.16. The van der Waals surface area contributed by atoms with Gasteiger partial charge in [-0.05, 0) is 23.8 Å². The topological polar surface area (TPSA) is 59.4 Å². The zero-order chi connectivity index (χ0) is 25.2. The quantitative estimate of drug-likeness (QED) is 0.488. The number of aromatic nitrogens is 2. The molecule has 4 rings (SSSR count). The van der Waals surface area contributed by atoms with Gasteiger partial charge in [0, 0.05) is 26.6 Å². The molecular weight excluding hydrogens is 481 g/mol. The minimum absolute atomic E-state index is 0.0177. The molecule has 3 aromatic rings. The molecule has 6 nitrogen and oxygen atoms in total. The van der Waals surface area contributed by atoms with E-state index >= 15 is 0 Å². The molecule has 2 heterocycles. The molecule has 0 spiro atoms. The number of hydrogen-bond acceptors (Lipinski definition) is 4. The van der Waals surface area contributed by atoms with Crippen LogP contribution in [0.2, 0.25) is 5.15 Å². The maximum atomic E-state index is 13.2. The number of alkyl halides is 3. The highest BCUT2D eigenvalue weighted by atomic mass is 35.5. The summed E-state index contributed by atoms with van der Waals surface area (Å²) in [5.74, 6) is 0.685. The fraction of sp³-hybridized carbons (Fsp3) is 0.360. The molecule has 0 aliphatic carbocycles. The highest BCUT2D eigenvalue weighted by molar-refractivity contribution is 6.30. The van der Waals surface area contributed by atoms with Gasteiger partial charge in [-0.1, -0.05) is 54.9 Å². The summed E-state index contributed by atoms with van der Waals surface area (Å²) in [6, 6.07) is 12.9. The average molecular weight is 507 g/mol. The first kappa shape index (κ1) is 25.1. The van der Waals surface area contributed by atoms with E-state index in [1.54, 1.807) is 7.05 Å². The Morgan fingerprint density at radius 2 is 1.94 bits per heavy atom. The number of imidazole rings is 1. The molecule has 1 aromatic heterocycles. The van der Waals surface area contributed by atoms with Crippen molar-refractivity contribution in [1.29, 1.82) is 0 Å². The van der Waals surface area contributed by atoms with Crippen molar-refractivity contribution in [1.82, 2.24) is 19.8 Å². The van der Waals surface area contributed by atoms with E-state index in [-0.39, 0.29) is 18.3 Å². The van der Waals surface area contributed by atoms with E-state index in [1.165, 1.54) is 12.1 Å². The van der Waals surface area contributed by atoms with Crippen LogP contribution in [0.1, 0.15) is 41.7 Å². The molecule has 1 aliphatic heterocycles. The Labute approximate surface area is 206 Å². The standard InChI is InChI=1S/C25H26ClF3N4O2/c1-3-20-31-23(26)22-19(15-35-18-11-7-10-17(14-18)25(27,28)29)32(12-13-33(20)22)21(24(34)30-2)16-8-5-4-6-9-16/h4-11,14,19,21H,3,12-13,15H2,1-2H3,(H,30,34)/t19-,21+/m0/s1. The van der Waals surface area contributed by atoms with Gasteiger partial charge in [0.25, 0.3) is 0 Å². The summed E-state index contributed by atoms with van der Waals surface area (Å²) in [4.78, 5) is 19.5. The number of nitrogens with one attached hydrogen (secondary N) is 1. The second kappa shape index (κ2) is 10.3. The molecule has 0 unspecified atom stereocenters. The van der Waals surface area contributed by atoms with Gasteiger partial charge in [0.2, 0.25) is 5.91 Å². The zero-order valence-corrected chi connectivity index (χ0v) is 20.1. The smallest absolute Gasteiger partial charge is 0.416 e. The first-order valence-electron chi connectivity index (χ1n) is 11.3. The Balaban J connectivity index is 1.73. The minimum atomic E-state index is -4.48. The molecule has 0 saturated carbocycles. The molecule has 0 bridgehead atoms. The summed E-state index contributed by atoms with van der Waals surface area (Å²) in [6.07, 6.45) is -3.82. The van der Waals surface area contributed by atoms with Crippen LogP contribution < -0.4 is 10.1 Å². The lowest BCUT2D eigenvalue weighted by molar-refractivity contribution is -0.137. The maximum Gasteiger partial charge on any atom is 0.416 e. The van der Waals surface area contributed by atoms with Gasteiger partial charge >= 0.3 is 6.18 Å². The Morgan fingerprint density at radius 1 is 1.20 bits per heavy atom. The van der Waals surface area contributed by atoms with Gasteiger partial charge in [-0.15, -0.1) is 0 Å². The number of rotatable bonds is 7. The Hall–Kier alpha value is -3.04. The third-order valence-corrected chi connectivity index (χ3v) is 6.44. The Bertz CT molecular complexity index is 1180. The van der Waals surface area contributed by atoms with Gasteiger partial charge < -0.3 is 14.6 Å². The van der Waals surface area contributed by atoms with E-state index in [1.807, 2.05) is 46.7 Å². The van der Waals surface area contributed by atoms with E-state index in [4.69, 9.17) is 16.3 Å². The molecule has 2 aromatic carbocycles. The van der Waals surface area contributed by atoms with Crippen molar-refractivity contribution in [3.63, 3.8) is 0 Å². The number of nitrogens with zero attached hydrogens (tertiary/aromatic N) is 3. The van der Waals surface area contributed by atoms with Gasteiger partial charge in [-0.2, -0.15) is 13.2 Å². The van der Waals surface area contributed by atoms with E-state index < -0.39 is 23.8 Å². The lowest BCUT2D eigenvalue weighted by Crippen LogP contribution is -2.47. The summed E-state index contributed by atoms with van der Waals surface area (Å²) in [7, 11) is 1.57. The summed E-state index contributed by atoms with van der Waals surface area (Å²) >= 11 is 6.57. The van der Waals surface area contributed by atoms with Crippen LogP contribution in [-0.4, -0.2) is 40.6 Å². The Kier molecular flexibility index (Phi) is 7.37. The summed E-state index contributed by atoms with van der Waals surface area (Å²) < 4.78 is 47.5. The van der Waals surface area contributed by atoms with E-state index in [9.17, 15) is 18.0 Å². The van der Waals surface area contributed by atoms with Crippen LogP contribution in [0.5, 0.6) is 5.75 Å². The van der Waals surface area contributed by atoms with Crippen LogP contribution in [0.15, 0.2) is 54.6 Å². The first-order valence-corrected chi connectivity index (χ1v) is 11.7. The molecule has 2 atom stereocenters. The van der Waals surface area contributed by atoms with E-state index in [2.05, 4.69) is 10.3 Å². The molecule has 1 amide bonds. The van der Waals surface area contributed by atoms with Crippen molar-refractivity contribution >= 4 is 17.5 Å². The predicted molar refractivity (Wildman–Crippen MR) is 126 cm³/mol. The van der Waals surface area contributed by atoms with Crippen molar-refractivity contribution < 1.29 is 22.7 Å². The molecule has 1 N–H and O–H groups in total. The van der Waals surface area contributed by atoms with Crippen molar-refractivity contribution in [2.75, 3.05) is 20.2 Å². The van der Waals surface area contributed by atoms with Gasteiger partial charge in [0.1, 0.15) is 24.2 Å². The Morgan fingerprint density at radius 3 is 2.60 bits per heavy atom. The lowest BCUT2D eigenvalue weighted by atomic mass is 9.99.